The molecule has 0 saturated carbocycles. The summed E-state index contributed by atoms with van der Waals surface area (Å²) in [7, 11) is 0. The summed E-state index contributed by atoms with van der Waals surface area (Å²) in [6.07, 6.45) is 2.15. The highest BCUT2D eigenvalue weighted by Crippen LogP contribution is 2.45. The number of nitrogens with one attached hydrogen (secondary N) is 1. The number of aromatic hydroxyl groups is 1. The van der Waals surface area contributed by atoms with Gasteiger partial charge in [-0.25, -0.2) is 0 Å². The minimum absolute atomic E-state index is 0.0321. The average molecular weight is 334 g/mol. The van der Waals surface area contributed by atoms with Crippen molar-refractivity contribution in [1.29, 1.82) is 0 Å². The Morgan fingerprint density at radius 3 is 2.84 bits per heavy atom. The monoisotopic (exact) mass is 334 g/mol. The first-order valence-corrected chi connectivity index (χ1v) is 8.51. The third kappa shape index (κ3) is 1.96. The van der Waals surface area contributed by atoms with Gasteiger partial charge in [0.2, 0.25) is 0 Å². The molecule has 1 fully saturated rings. The molecule has 0 amide bonds. The van der Waals surface area contributed by atoms with Gasteiger partial charge in [0.1, 0.15) is 23.3 Å². The largest absolute Gasteiger partial charge is 0.508 e. The summed E-state index contributed by atoms with van der Waals surface area (Å²) in [4.78, 5) is 15.0. The molecule has 3 aliphatic heterocycles. The fraction of sp³-hybridized carbons (Fsp3) is 0.250. The summed E-state index contributed by atoms with van der Waals surface area (Å²) < 4.78 is 6.16. The molecule has 25 heavy (non-hydrogen) atoms. The van der Waals surface area contributed by atoms with Gasteiger partial charge in [0.05, 0.1) is 11.1 Å². The van der Waals surface area contributed by atoms with Gasteiger partial charge in [-0.1, -0.05) is 30.3 Å². The second-order valence-corrected chi connectivity index (χ2v) is 6.72. The number of phenolic OH excluding ortho intramolecular Hbond substituents is 1. The van der Waals surface area contributed by atoms with E-state index in [1.54, 1.807) is 6.07 Å². The van der Waals surface area contributed by atoms with Crippen molar-refractivity contribution in [2.24, 2.45) is 0 Å². The first-order chi connectivity index (χ1) is 12.2. The van der Waals surface area contributed by atoms with Crippen molar-refractivity contribution < 1.29 is 14.6 Å². The van der Waals surface area contributed by atoms with Gasteiger partial charge in [-0.15, -0.1) is 0 Å². The standard InChI is InChI=1S/C20H18N2O3/c23-16-7-3-2-6-15(16)20-11-18-14(12-22(20)10-9-21-20)19(24)13-5-1-4-8-17(13)25-18/h1-8,12,18,21,23H,9-11H2. The van der Waals surface area contributed by atoms with Crippen LogP contribution in [0, 0.1) is 0 Å². The molecule has 2 aromatic carbocycles. The van der Waals surface area contributed by atoms with E-state index in [0.717, 1.165) is 18.7 Å². The molecule has 3 aliphatic rings. The van der Waals surface area contributed by atoms with E-state index in [2.05, 4.69) is 10.2 Å². The van der Waals surface area contributed by atoms with Crippen LogP contribution in [0.4, 0.5) is 0 Å². The lowest BCUT2D eigenvalue weighted by Crippen LogP contribution is -2.54. The van der Waals surface area contributed by atoms with Crippen molar-refractivity contribution in [3.8, 4) is 11.5 Å². The van der Waals surface area contributed by atoms with Crippen molar-refractivity contribution in [2.75, 3.05) is 13.1 Å². The molecule has 2 aromatic rings. The van der Waals surface area contributed by atoms with Crippen molar-refractivity contribution in [1.82, 2.24) is 10.2 Å². The fourth-order valence-corrected chi connectivity index (χ4v) is 4.23. The van der Waals surface area contributed by atoms with Crippen LogP contribution in [0.3, 0.4) is 0 Å². The van der Waals surface area contributed by atoms with E-state index in [1.165, 1.54) is 0 Å². The highest BCUT2D eigenvalue weighted by molar-refractivity contribution is 6.12. The quantitative estimate of drug-likeness (QED) is 0.838. The highest BCUT2D eigenvalue weighted by Gasteiger charge is 2.50. The second kappa shape index (κ2) is 5.10. The molecule has 5 nitrogen and oxygen atoms in total. The van der Waals surface area contributed by atoms with Crippen LogP contribution in [0.2, 0.25) is 0 Å². The predicted octanol–water partition coefficient (Wildman–Crippen LogP) is 2.38. The van der Waals surface area contributed by atoms with E-state index < -0.39 is 5.66 Å². The molecular weight excluding hydrogens is 316 g/mol. The van der Waals surface area contributed by atoms with E-state index >= 15 is 0 Å². The third-order valence-electron chi connectivity index (χ3n) is 5.40. The van der Waals surface area contributed by atoms with Crippen molar-refractivity contribution >= 4 is 5.78 Å². The molecule has 5 heteroatoms. The zero-order valence-electron chi connectivity index (χ0n) is 13.6. The van der Waals surface area contributed by atoms with Gasteiger partial charge in [-0.05, 0) is 18.2 Å². The molecule has 0 radical (unpaired) electrons. The summed E-state index contributed by atoms with van der Waals surface area (Å²) in [5.41, 5.74) is 1.57. The summed E-state index contributed by atoms with van der Waals surface area (Å²) in [6, 6.07) is 14.7. The van der Waals surface area contributed by atoms with Crippen LogP contribution in [0.5, 0.6) is 11.5 Å². The summed E-state index contributed by atoms with van der Waals surface area (Å²) >= 11 is 0. The van der Waals surface area contributed by atoms with Gasteiger partial charge < -0.3 is 14.7 Å². The zero-order chi connectivity index (χ0) is 17.0. The molecule has 126 valence electrons. The number of hydrogen-bond donors (Lipinski definition) is 2. The number of rotatable bonds is 1. The number of ketones is 1. The Morgan fingerprint density at radius 2 is 1.96 bits per heavy atom. The fourth-order valence-electron chi connectivity index (χ4n) is 4.23. The van der Waals surface area contributed by atoms with Crippen LogP contribution in [0.1, 0.15) is 22.3 Å². The van der Waals surface area contributed by atoms with Gasteiger partial charge in [0.15, 0.2) is 5.78 Å². The van der Waals surface area contributed by atoms with Crippen LogP contribution in [-0.4, -0.2) is 35.0 Å². The molecule has 0 spiro atoms. The summed E-state index contributed by atoms with van der Waals surface area (Å²) in [6.45, 7) is 1.56. The van der Waals surface area contributed by atoms with Crippen molar-refractivity contribution in [3.63, 3.8) is 0 Å². The molecule has 0 aliphatic carbocycles. The number of Topliss-reactive ketones (excluding diaryl/α,β-unsaturated/α-hetero) is 1. The topological polar surface area (TPSA) is 61.8 Å². The van der Waals surface area contributed by atoms with Crippen molar-refractivity contribution in [3.05, 3.63) is 71.4 Å². The lowest BCUT2D eigenvalue weighted by Gasteiger charge is -2.46. The normalized spacial score (nSPS) is 27.0. The molecule has 2 unspecified atom stereocenters. The molecule has 5 rings (SSSR count). The molecule has 2 atom stereocenters. The van der Waals surface area contributed by atoms with Gasteiger partial charge >= 0.3 is 0 Å². The van der Waals surface area contributed by atoms with Gasteiger partial charge in [0, 0.05) is 31.3 Å². The Labute approximate surface area is 145 Å². The van der Waals surface area contributed by atoms with E-state index in [4.69, 9.17) is 4.74 Å². The minimum atomic E-state index is -0.550. The van der Waals surface area contributed by atoms with Crippen LogP contribution < -0.4 is 10.1 Å². The van der Waals surface area contributed by atoms with Crippen LogP contribution in [0.25, 0.3) is 0 Å². The Bertz CT molecular complexity index is 907. The zero-order valence-corrected chi connectivity index (χ0v) is 13.6. The SMILES string of the molecule is O=C1C2=CN3CCNC3(c3ccccc3O)CC2Oc2ccccc21. The summed E-state index contributed by atoms with van der Waals surface area (Å²) in [5, 5.41) is 13.9. The molecular formula is C20H18N2O3. The van der Waals surface area contributed by atoms with Crippen LogP contribution in [0.15, 0.2) is 60.3 Å². The third-order valence-corrected chi connectivity index (χ3v) is 5.40. The molecule has 0 bridgehead atoms. The number of para-hydroxylation sites is 2. The Morgan fingerprint density at radius 1 is 1.16 bits per heavy atom. The number of ether oxygens (including phenoxy) is 1. The van der Waals surface area contributed by atoms with Gasteiger partial charge in [-0.2, -0.15) is 0 Å². The van der Waals surface area contributed by atoms with Crippen LogP contribution in [-0.2, 0) is 5.66 Å². The maximum Gasteiger partial charge on any atom is 0.197 e. The number of carbonyl (C=O) groups excluding carboxylic acids is 1. The Balaban J connectivity index is 1.63. The maximum absolute atomic E-state index is 12.9. The van der Waals surface area contributed by atoms with E-state index in [9.17, 15) is 9.90 Å². The number of phenols is 1. The molecule has 3 heterocycles. The Kier molecular flexibility index (Phi) is 2.97. The minimum Gasteiger partial charge on any atom is -0.508 e. The van der Waals surface area contributed by atoms with Gasteiger partial charge in [-0.3, -0.25) is 10.1 Å². The maximum atomic E-state index is 12.9. The Hall–Kier alpha value is -2.79. The summed E-state index contributed by atoms with van der Waals surface area (Å²) in [5.74, 6) is 0.916. The first-order valence-electron chi connectivity index (χ1n) is 8.51. The number of carbonyl (C=O) groups is 1. The highest BCUT2D eigenvalue weighted by atomic mass is 16.5. The second-order valence-electron chi connectivity index (χ2n) is 6.72. The van der Waals surface area contributed by atoms with E-state index in [-0.39, 0.29) is 17.6 Å². The first kappa shape index (κ1) is 14.5. The van der Waals surface area contributed by atoms with Gasteiger partial charge in [0.25, 0.3) is 0 Å². The van der Waals surface area contributed by atoms with Crippen molar-refractivity contribution in [2.45, 2.75) is 18.2 Å². The number of nitrogens with zero attached hydrogens (tertiary/aromatic N) is 1. The molecule has 1 saturated heterocycles. The van der Waals surface area contributed by atoms with E-state index in [0.29, 0.717) is 23.3 Å². The molecule has 2 N–H and O–H groups in total. The van der Waals surface area contributed by atoms with Crippen LogP contribution >= 0.6 is 0 Å². The number of benzene rings is 2. The number of fused-ring (bicyclic) bond motifs is 3. The molecule has 0 aromatic heterocycles. The smallest absolute Gasteiger partial charge is 0.197 e. The lowest BCUT2D eigenvalue weighted by molar-refractivity contribution is 0.0610. The predicted molar refractivity (Wildman–Crippen MR) is 92.4 cm³/mol. The van der Waals surface area contributed by atoms with E-state index in [1.807, 2.05) is 48.7 Å². The lowest BCUT2D eigenvalue weighted by atomic mass is 9.83. The number of hydrogen-bond acceptors (Lipinski definition) is 5. The average Bonchev–Trinajstić information content (AvgIpc) is 3.04.